The summed E-state index contributed by atoms with van der Waals surface area (Å²) in [6, 6.07) is 16.6. The van der Waals surface area contributed by atoms with Crippen molar-refractivity contribution in [2.24, 2.45) is 5.73 Å². The third-order valence-electron chi connectivity index (χ3n) is 4.74. The van der Waals surface area contributed by atoms with Crippen LogP contribution in [-0.4, -0.2) is 23.0 Å². The maximum Gasteiger partial charge on any atom is 0.338 e. The van der Waals surface area contributed by atoms with E-state index < -0.39 is 18.0 Å². The van der Waals surface area contributed by atoms with Gasteiger partial charge < -0.3 is 10.5 Å². The fourth-order valence-electron chi connectivity index (χ4n) is 3.11. The molecule has 0 fully saturated rings. The van der Waals surface area contributed by atoms with Crippen LogP contribution in [0.3, 0.4) is 0 Å². The number of esters is 1. The fraction of sp³-hybridized carbons (Fsp3) is 0.167. The monoisotopic (exact) mass is 399 g/mol. The zero-order valence-corrected chi connectivity index (χ0v) is 17.0. The summed E-state index contributed by atoms with van der Waals surface area (Å²) in [7, 11) is 0. The molecule has 0 saturated heterocycles. The van der Waals surface area contributed by atoms with Crippen molar-refractivity contribution >= 4 is 11.9 Å². The van der Waals surface area contributed by atoms with Gasteiger partial charge in [-0.05, 0) is 67.8 Å². The topological polar surface area (TPSA) is 106 Å². The third-order valence-corrected chi connectivity index (χ3v) is 4.74. The Morgan fingerprint density at radius 3 is 2.47 bits per heavy atom. The standard InChI is InChI=1S/C24H21N3O3/c1-14-7-8-21(27-13-14)18-9-19(22-15(2)5-4-6-17(22)12-25)11-20(10-18)24(29)30-16(3)23(26)28/h4-11,13,16H,1-3H3,(H2,26,28)/t16-/m0/s1. The molecule has 0 saturated carbocycles. The lowest BCUT2D eigenvalue weighted by Crippen LogP contribution is -2.30. The minimum atomic E-state index is -1.06. The van der Waals surface area contributed by atoms with Crippen LogP contribution in [0.15, 0.2) is 54.7 Å². The van der Waals surface area contributed by atoms with Gasteiger partial charge in [-0.2, -0.15) is 5.26 Å². The van der Waals surface area contributed by atoms with Crippen LogP contribution in [0, 0.1) is 25.2 Å². The molecule has 3 aromatic rings. The Kier molecular flexibility index (Phi) is 5.93. The van der Waals surface area contributed by atoms with Crippen molar-refractivity contribution in [3.8, 4) is 28.5 Å². The summed E-state index contributed by atoms with van der Waals surface area (Å²) < 4.78 is 5.19. The van der Waals surface area contributed by atoms with Gasteiger partial charge in [-0.25, -0.2) is 4.79 Å². The molecule has 0 unspecified atom stereocenters. The normalized spacial score (nSPS) is 11.4. The number of nitriles is 1. The smallest absolute Gasteiger partial charge is 0.338 e. The predicted molar refractivity (Wildman–Crippen MR) is 113 cm³/mol. The Morgan fingerprint density at radius 2 is 1.83 bits per heavy atom. The highest BCUT2D eigenvalue weighted by Gasteiger charge is 2.19. The molecule has 1 heterocycles. The first-order valence-corrected chi connectivity index (χ1v) is 9.38. The molecule has 6 nitrogen and oxygen atoms in total. The van der Waals surface area contributed by atoms with Crippen LogP contribution in [0.2, 0.25) is 0 Å². The first-order valence-electron chi connectivity index (χ1n) is 9.38. The van der Waals surface area contributed by atoms with E-state index in [2.05, 4.69) is 11.1 Å². The fourth-order valence-corrected chi connectivity index (χ4v) is 3.11. The number of hydrogen-bond acceptors (Lipinski definition) is 5. The molecule has 6 heteroatoms. The highest BCUT2D eigenvalue weighted by molar-refractivity contribution is 5.95. The van der Waals surface area contributed by atoms with E-state index in [0.29, 0.717) is 22.4 Å². The molecule has 1 amide bonds. The number of carbonyl (C=O) groups excluding carboxylic acids is 2. The zero-order chi connectivity index (χ0) is 21.8. The molecule has 0 aliphatic carbocycles. The number of aromatic nitrogens is 1. The van der Waals surface area contributed by atoms with Gasteiger partial charge in [0, 0.05) is 17.3 Å². The number of hydrogen-bond donors (Lipinski definition) is 1. The first kappa shape index (κ1) is 20.7. The van der Waals surface area contributed by atoms with Crippen molar-refractivity contribution in [3.63, 3.8) is 0 Å². The number of benzene rings is 2. The second kappa shape index (κ2) is 8.58. The summed E-state index contributed by atoms with van der Waals surface area (Å²) in [4.78, 5) is 28.5. The Balaban J connectivity index is 2.19. The molecule has 150 valence electrons. The van der Waals surface area contributed by atoms with Gasteiger partial charge in [0.1, 0.15) is 0 Å². The molecule has 0 aliphatic heterocycles. The SMILES string of the molecule is Cc1ccc(-c2cc(C(=O)O[C@@H](C)C(N)=O)cc(-c3c(C)cccc3C#N)c2)nc1. The highest BCUT2D eigenvalue weighted by atomic mass is 16.5. The van der Waals surface area contributed by atoms with Crippen LogP contribution in [0.1, 0.15) is 34.0 Å². The van der Waals surface area contributed by atoms with Gasteiger partial charge in [-0.3, -0.25) is 9.78 Å². The van der Waals surface area contributed by atoms with Crippen molar-refractivity contribution < 1.29 is 14.3 Å². The van der Waals surface area contributed by atoms with Gasteiger partial charge in [0.15, 0.2) is 6.10 Å². The van der Waals surface area contributed by atoms with Crippen molar-refractivity contribution in [3.05, 3.63) is 77.0 Å². The summed E-state index contributed by atoms with van der Waals surface area (Å²) in [5.41, 5.74) is 10.6. The van der Waals surface area contributed by atoms with E-state index in [1.54, 1.807) is 24.4 Å². The molecule has 0 radical (unpaired) electrons. The van der Waals surface area contributed by atoms with E-state index in [1.807, 2.05) is 44.2 Å². The first-order chi connectivity index (χ1) is 14.3. The number of primary amides is 1. The second-order valence-electron chi connectivity index (χ2n) is 7.08. The number of nitrogens with zero attached hydrogens (tertiary/aromatic N) is 2. The number of nitrogens with two attached hydrogens (primary N) is 1. The minimum absolute atomic E-state index is 0.241. The van der Waals surface area contributed by atoms with Gasteiger partial charge >= 0.3 is 5.97 Å². The van der Waals surface area contributed by atoms with Crippen LogP contribution in [-0.2, 0) is 9.53 Å². The quantitative estimate of drug-likeness (QED) is 0.654. The maximum absolute atomic E-state index is 12.7. The van der Waals surface area contributed by atoms with E-state index in [1.165, 1.54) is 6.92 Å². The number of ether oxygens (including phenoxy) is 1. The summed E-state index contributed by atoms with van der Waals surface area (Å²) >= 11 is 0. The second-order valence-corrected chi connectivity index (χ2v) is 7.08. The number of amides is 1. The summed E-state index contributed by atoms with van der Waals surface area (Å²) in [6.45, 7) is 5.26. The van der Waals surface area contributed by atoms with Gasteiger partial charge in [-0.1, -0.05) is 18.2 Å². The van der Waals surface area contributed by atoms with E-state index >= 15 is 0 Å². The van der Waals surface area contributed by atoms with Crippen molar-refractivity contribution in [2.75, 3.05) is 0 Å². The van der Waals surface area contributed by atoms with Crippen LogP contribution in [0.5, 0.6) is 0 Å². The largest absolute Gasteiger partial charge is 0.449 e. The average molecular weight is 399 g/mol. The Bertz CT molecular complexity index is 1160. The lowest BCUT2D eigenvalue weighted by atomic mass is 9.92. The number of pyridine rings is 1. The average Bonchev–Trinajstić information content (AvgIpc) is 2.73. The lowest BCUT2D eigenvalue weighted by molar-refractivity contribution is -0.125. The van der Waals surface area contributed by atoms with E-state index in [4.69, 9.17) is 10.5 Å². The molecule has 0 spiro atoms. The molecule has 2 aromatic carbocycles. The molecular formula is C24H21N3O3. The van der Waals surface area contributed by atoms with E-state index in [-0.39, 0.29) is 5.56 Å². The minimum Gasteiger partial charge on any atom is -0.449 e. The maximum atomic E-state index is 12.7. The van der Waals surface area contributed by atoms with Gasteiger partial charge in [0.05, 0.1) is 22.9 Å². The van der Waals surface area contributed by atoms with Crippen molar-refractivity contribution in [2.45, 2.75) is 26.9 Å². The molecular weight excluding hydrogens is 378 g/mol. The Labute approximate surface area is 174 Å². The molecule has 30 heavy (non-hydrogen) atoms. The van der Waals surface area contributed by atoms with Gasteiger partial charge in [0.25, 0.3) is 5.91 Å². The number of carbonyl (C=O) groups is 2. The molecule has 3 rings (SSSR count). The van der Waals surface area contributed by atoms with E-state index in [0.717, 1.165) is 16.7 Å². The molecule has 0 bridgehead atoms. The zero-order valence-electron chi connectivity index (χ0n) is 17.0. The summed E-state index contributed by atoms with van der Waals surface area (Å²) in [6.07, 6.45) is 0.680. The predicted octanol–water partition coefficient (Wildman–Crippen LogP) is 3.93. The molecule has 1 atom stereocenters. The Hall–Kier alpha value is -3.98. The van der Waals surface area contributed by atoms with Crippen LogP contribution in [0.4, 0.5) is 0 Å². The van der Waals surface area contributed by atoms with Gasteiger partial charge in [0.2, 0.25) is 0 Å². The molecule has 2 N–H and O–H groups in total. The van der Waals surface area contributed by atoms with Crippen LogP contribution >= 0.6 is 0 Å². The van der Waals surface area contributed by atoms with Crippen LogP contribution < -0.4 is 5.73 Å². The highest BCUT2D eigenvalue weighted by Crippen LogP contribution is 2.32. The molecule has 1 aromatic heterocycles. The van der Waals surface area contributed by atoms with Gasteiger partial charge in [-0.15, -0.1) is 0 Å². The Morgan fingerprint density at radius 1 is 1.10 bits per heavy atom. The van der Waals surface area contributed by atoms with E-state index in [9.17, 15) is 14.9 Å². The van der Waals surface area contributed by atoms with Crippen molar-refractivity contribution in [1.29, 1.82) is 5.26 Å². The third kappa shape index (κ3) is 4.36. The van der Waals surface area contributed by atoms with Crippen molar-refractivity contribution in [1.82, 2.24) is 4.98 Å². The number of rotatable bonds is 5. The molecule has 0 aliphatic rings. The summed E-state index contributed by atoms with van der Waals surface area (Å²) in [5, 5.41) is 9.57. The lowest BCUT2D eigenvalue weighted by Gasteiger charge is -2.14. The summed E-state index contributed by atoms with van der Waals surface area (Å²) in [5.74, 6) is -1.41. The van der Waals surface area contributed by atoms with Crippen LogP contribution in [0.25, 0.3) is 22.4 Å². The number of aryl methyl sites for hydroxylation is 2.